The summed E-state index contributed by atoms with van der Waals surface area (Å²) < 4.78 is 0. The first-order valence-corrected chi connectivity index (χ1v) is 7.33. The zero-order valence-electron chi connectivity index (χ0n) is 12.3. The molecular weight excluding hydrogens is 236 g/mol. The number of benzene rings is 1. The molecule has 1 unspecified atom stereocenters. The lowest BCUT2D eigenvalue weighted by Gasteiger charge is -2.24. The van der Waals surface area contributed by atoms with Crippen molar-refractivity contribution in [2.24, 2.45) is 5.92 Å². The van der Waals surface area contributed by atoms with Gasteiger partial charge in [-0.15, -0.1) is 0 Å². The highest BCUT2D eigenvalue weighted by Gasteiger charge is 2.18. The Kier molecular flexibility index (Phi) is 4.70. The number of aromatic hydroxyl groups is 1. The van der Waals surface area contributed by atoms with Gasteiger partial charge in [-0.05, 0) is 38.8 Å². The van der Waals surface area contributed by atoms with Gasteiger partial charge in [-0.3, -0.25) is 0 Å². The van der Waals surface area contributed by atoms with Crippen LogP contribution in [0.25, 0.3) is 0 Å². The van der Waals surface area contributed by atoms with E-state index in [1.807, 2.05) is 19.2 Å². The van der Waals surface area contributed by atoms with Gasteiger partial charge in [0.15, 0.2) is 0 Å². The summed E-state index contributed by atoms with van der Waals surface area (Å²) in [4.78, 5) is 2.27. The maximum Gasteiger partial charge on any atom is 0.122 e. The number of hydrogen-bond acceptors (Lipinski definition) is 3. The van der Waals surface area contributed by atoms with E-state index >= 15 is 0 Å². The molecule has 1 aromatic rings. The van der Waals surface area contributed by atoms with Gasteiger partial charge in [0, 0.05) is 37.0 Å². The Morgan fingerprint density at radius 1 is 1.37 bits per heavy atom. The molecule has 3 nitrogen and oxygen atoms in total. The third kappa shape index (κ3) is 3.41. The van der Waals surface area contributed by atoms with Crippen LogP contribution < -0.4 is 10.2 Å². The number of rotatable bonds is 5. The van der Waals surface area contributed by atoms with E-state index < -0.39 is 0 Å². The number of phenols is 1. The van der Waals surface area contributed by atoms with Crippen molar-refractivity contribution in [1.29, 1.82) is 0 Å². The van der Waals surface area contributed by atoms with E-state index in [4.69, 9.17) is 0 Å². The topological polar surface area (TPSA) is 35.5 Å². The largest absolute Gasteiger partial charge is 0.508 e. The molecule has 0 radical (unpaired) electrons. The minimum atomic E-state index is 0.175. The van der Waals surface area contributed by atoms with Gasteiger partial charge >= 0.3 is 0 Å². The highest BCUT2D eigenvalue weighted by Crippen LogP contribution is 2.31. The standard InChI is InChI=1S/C16H26N2O/c1-12(17-2)15-9-8-14(10-16(15)19)18(3)11-13-6-4-5-7-13/h8-10,12-13,17,19H,4-7,11H2,1-3H3. The summed E-state index contributed by atoms with van der Waals surface area (Å²) in [6.07, 6.45) is 5.46. The molecule has 1 atom stereocenters. The zero-order chi connectivity index (χ0) is 13.8. The number of hydrogen-bond donors (Lipinski definition) is 2. The highest BCUT2D eigenvalue weighted by molar-refractivity contribution is 5.53. The zero-order valence-corrected chi connectivity index (χ0v) is 12.3. The van der Waals surface area contributed by atoms with Gasteiger partial charge in [-0.25, -0.2) is 0 Å². The molecule has 0 aromatic heterocycles. The fourth-order valence-electron chi connectivity index (χ4n) is 2.98. The molecule has 0 bridgehead atoms. The molecule has 1 saturated carbocycles. The first-order chi connectivity index (χ1) is 9.11. The SMILES string of the molecule is CNC(C)c1ccc(N(C)CC2CCCC2)cc1O. The van der Waals surface area contributed by atoms with Gasteiger partial charge in [0.05, 0.1) is 0 Å². The van der Waals surface area contributed by atoms with Gasteiger partial charge in [0.1, 0.15) is 5.75 Å². The maximum absolute atomic E-state index is 10.1. The summed E-state index contributed by atoms with van der Waals surface area (Å²) in [5, 5.41) is 13.3. The van der Waals surface area contributed by atoms with Crippen molar-refractivity contribution < 1.29 is 5.11 Å². The Labute approximate surface area is 116 Å². The minimum absolute atomic E-state index is 0.175. The molecule has 2 rings (SSSR count). The summed E-state index contributed by atoms with van der Waals surface area (Å²) in [5.41, 5.74) is 2.07. The summed E-state index contributed by atoms with van der Waals surface area (Å²) in [6, 6.07) is 6.20. The van der Waals surface area contributed by atoms with Crippen LogP contribution in [-0.2, 0) is 0 Å². The van der Waals surface area contributed by atoms with Crippen LogP contribution in [0, 0.1) is 5.92 Å². The first-order valence-electron chi connectivity index (χ1n) is 7.33. The molecule has 0 spiro atoms. The van der Waals surface area contributed by atoms with Gasteiger partial charge in [-0.1, -0.05) is 18.9 Å². The lowest BCUT2D eigenvalue weighted by atomic mass is 10.1. The van der Waals surface area contributed by atoms with E-state index in [1.165, 1.54) is 25.7 Å². The van der Waals surface area contributed by atoms with Gasteiger partial charge < -0.3 is 15.3 Å². The Morgan fingerprint density at radius 2 is 2.05 bits per heavy atom. The smallest absolute Gasteiger partial charge is 0.122 e. The van der Waals surface area contributed by atoms with E-state index in [1.54, 1.807) is 0 Å². The average Bonchev–Trinajstić information content (AvgIpc) is 2.90. The van der Waals surface area contributed by atoms with Crippen molar-refractivity contribution in [3.63, 3.8) is 0 Å². The second-order valence-electron chi connectivity index (χ2n) is 5.78. The predicted octanol–water partition coefficient (Wildman–Crippen LogP) is 3.30. The van der Waals surface area contributed by atoms with Crippen molar-refractivity contribution >= 4 is 5.69 Å². The second kappa shape index (κ2) is 6.29. The summed E-state index contributed by atoms with van der Waals surface area (Å²) >= 11 is 0. The molecule has 0 saturated heterocycles. The van der Waals surface area contributed by atoms with Crippen molar-refractivity contribution in [3.05, 3.63) is 23.8 Å². The van der Waals surface area contributed by atoms with E-state index in [9.17, 15) is 5.11 Å². The Morgan fingerprint density at radius 3 is 2.63 bits per heavy atom. The number of nitrogens with zero attached hydrogens (tertiary/aromatic N) is 1. The molecular formula is C16H26N2O. The van der Waals surface area contributed by atoms with Crippen LogP contribution in [0.2, 0.25) is 0 Å². The lowest BCUT2D eigenvalue weighted by molar-refractivity contribution is 0.457. The molecule has 106 valence electrons. The molecule has 0 amide bonds. The molecule has 0 heterocycles. The quantitative estimate of drug-likeness (QED) is 0.854. The van der Waals surface area contributed by atoms with Crippen molar-refractivity contribution in [2.45, 2.75) is 38.6 Å². The van der Waals surface area contributed by atoms with Crippen molar-refractivity contribution in [3.8, 4) is 5.75 Å². The van der Waals surface area contributed by atoms with Crippen LogP contribution in [-0.4, -0.2) is 25.7 Å². The average molecular weight is 262 g/mol. The molecule has 2 N–H and O–H groups in total. The van der Waals surface area contributed by atoms with E-state index in [2.05, 4.69) is 30.3 Å². The van der Waals surface area contributed by atoms with Crippen LogP contribution in [0.15, 0.2) is 18.2 Å². The highest BCUT2D eigenvalue weighted by atomic mass is 16.3. The van der Waals surface area contributed by atoms with E-state index in [-0.39, 0.29) is 6.04 Å². The molecule has 1 aliphatic rings. The number of nitrogens with one attached hydrogen (secondary N) is 1. The molecule has 19 heavy (non-hydrogen) atoms. The Hall–Kier alpha value is -1.22. The van der Waals surface area contributed by atoms with E-state index in [0.29, 0.717) is 5.75 Å². The van der Waals surface area contributed by atoms with Crippen LogP contribution in [0.3, 0.4) is 0 Å². The minimum Gasteiger partial charge on any atom is -0.508 e. The molecule has 1 fully saturated rings. The normalized spacial score (nSPS) is 17.6. The van der Waals surface area contributed by atoms with Crippen LogP contribution in [0.4, 0.5) is 5.69 Å². The third-order valence-corrected chi connectivity index (χ3v) is 4.36. The summed E-state index contributed by atoms with van der Waals surface area (Å²) in [7, 11) is 4.03. The number of phenolic OH excluding ortho intramolecular Hbond substituents is 1. The molecule has 3 heteroatoms. The van der Waals surface area contributed by atoms with Gasteiger partial charge in [0.25, 0.3) is 0 Å². The maximum atomic E-state index is 10.1. The fraction of sp³-hybridized carbons (Fsp3) is 0.625. The number of anilines is 1. The van der Waals surface area contributed by atoms with Crippen molar-refractivity contribution in [1.82, 2.24) is 5.32 Å². The Bertz CT molecular complexity index is 413. The van der Waals surface area contributed by atoms with Crippen molar-refractivity contribution in [2.75, 3.05) is 25.5 Å². The monoisotopic (exact) mass is 262 g/mol. The van der Waals surface area contributed by atoms with E-state index in [0.717, 1.165) is 23.7 Å². The Balaban J connectivity index is 2.05. The van der Waals surface area contributed by atoms with Crippen LogP contribution in [0.5, 0.6) is 5.75 Å². The second-order valence-corrected chi connectivity index (χ2v) is 5.78. The first kappa shape index (κ1) is 14.2. The fourth-order valence-corrected chi connectivity index (χ4v) is 2.98. The van der Waals surface area contributed by atoms with Crippen LogP contribution >= 0.6 is 0 Å². The lowest BCUT2D eigenvalue weighted by Crippen LogP contribution is -2.24. The third-order valence-electron chi connectivity index (χ3n) is 4.36. The molecule has 1 aliphatic carbocycles. The van der Waals surface area contributed by atoms with Gasteiger partial charge in [0.2, 0.25) is 0 Å². The van der Waals surface area contributed by atoms with Gasteiger partial charge in [-0.2, -0.15) is 0 Å². The molecule has 1 aromatic carbocycles. The van der Waals surface area contributed by atoms with Crippen LogP contribution in [0.1, 0.15) is 44.2 Å². The summed E-state index contributed by atoms with van der Waals surface area (Å²) in [5.74, 6) is 1.21. The summed E-state index contributed by atoms with van der Waals surface area (Å²) in [6.45, 7) is 3.15. The predicted molar refractivity (Wildman–Crippen MR) is 80.8 cm³/mol. The molecule has 0 aliphatic heterocycles.